The van der Waals surface area contributed by atoms with E-state index in [2.05, 4.69) is 12.2 Å². The van der Waals surface area contributed by atoms with Crippen LogP contribution in [0.25, 0.3) is 5.57 Å². The number of hydrogen-bond donors (Lipinski definition) is 1. The van der Waals surface area contributed by atoms with Crippen molar-refractivity contribution in [2.75, 3.05) is 18.0 Å². The van der Waals surface area contributed by atoms with Gasteiger partial charge in [0.2, 0.25) is 5.91 Å². The molecule has 1 fully saturated rings. The van der Waals surface area contributed by atoms with Gasteiger partial charge in [-0.2, -0.15) is 0 Å². The minimum Gasteiger partial charge on any atom is -0.350 e. The summed E-state index contributed by atoms with van der Waals surface area (Å²) in [5, 5.41) is 2.88. The zero-order valence-corrected chi connectivity index (χ0v) is 22.1. The van der Waals surface area contributed by atoms with Gasteiger partial charge in [0, 0.05) is 18.7 Å². The number of amides is 3. The fourth-order valence-electron chi connectivity index (χ4n) is 4.44. The number of unbranched alkanes of at least 4 members (excludes halogenated alkanes) is 5. The van der Waals surface area contributed by atoms with Crippen LogP contribution in [0.4, 0.5) is 5.69 Å². The summed E-state index contributed by atoms with van der Waals surface area (Å²) in [6.45, 7) is 3.01. The zero-order valence-electron chi connectivity index (χ0n) is 20.5. The van der Waals surface area contributed by atoms with Crippen molar-refractivity contribution in [3.63, 3.8) is 0 Å². The Balaban J connectivity index is 1.47. The van der Waals surface area contributed by atoms with Gasteiger partial charge in [-0.15, -0.1) is 0 Å². The van der Waals surface area contributed by atoms with Crippen LogP contribution >= 0.6 is 24.0 Å². The monoisotopic (exact) mass is 521 g/mol. The highest BCUT2D eigenvalue weighted by Gasteiger charge is 2.42. The average molecular weight is 522 g/mol. The summed E-state index contributed by atoms with van der Waals surface area (Å²) in [6.07, 6.45) is 6.72. The number of para-hydroxylation sites is 1. The molecule has 2 aliphatic heterocycles. The third kappa shape index (κ3) is 5.87. The molecule has 0 atom stereocenters. The molecule has 0 bridgehead atoms. The van der Waals surface area contributed by atoms with Gasteiger partial charge < -0.3 is 5.32 Å². The third-order valence-electron chi connectivity index (χ3n) is 6.37. The summed E-state index contributed by atoms with van der Waals surface area (Å²) < 4.78 is 0.486. The molecule has 0 aromatic heterocycles. The average Bonchev–Trinajstić information content (AvgIpc) is 3.32. The maximum atomic E-state index is 13.5. The van der Waals surface area contributed by atoms with E-state index in [0.29, 0.717) is 39.1 Å². The quantitative estimate of drug-likeness (QED) is 0.247. The molecule has 0 saturated carbocycles. The molecule has 188 valence electrons. The highest BCUT2D eigenvalue weighted by Crippen LogP contribution is 2.44. The molecule has 2 heterocycles. The number of carbonyl (C=O) groups is 3. The Hall–Kier alpha value is -2.97. The number of anilines is 1. The predicted octanol–water partition coefficient (Wildman–Crippen LogP) is 5.28. The van der Waals surface area contributed by atoms with E-state index in [1.54, 1.807) is 4.90 Å². The molecule has 1 N–H and O–H groups in total. The Bertz CT molecular complexity index is 1180. The molecule has 0 unspecified atom stereocenters. The molecule has 0 spiro atoms. The lowest BCUT2D eigenvalue weighted by atomic mass is 10.1. The molecular formula is C28H31N3O3S2. The lowest BCUT2D eigenvalue weighted by Gasteiger charge is -2.17. The van der Waals surface area contributed by atoms with E-state index in [-0.39, 0.29) is 24.3 Å². The van der Waals surface area contributed by atoms with Gasteiger partial charge in [-0.1, -0.05) is 112 Å². The summed E-state index contributed by atoms with van der Waals surface area (Å²) in [6, 6.07) is 16.9. The van der Waals surface area contributed by atoms with Gasteiger partial charge in [0.25, 0.3) is 11.8 Å². The van der Waals surface area contributed by atoms with E-state index in [9.17, 15) is 14.4 Å². The van der Waals surface area contributed by atoms with Crippen molar-refractivity contribution in [3.8, 4) is 0 Å². The topological polar surface area (TPSA) is 69.7 Å². The number of nitrogens with one attached hydrogen (secondary N) is 1. The number of thiocarbonyl (C=S) groups is 1. The predicted molar refractivity (Wildman–Crippen MR) is 149 cm³/mol. The van der Waals surface area contributed by atoms with E-state index in [4.69, 9.17) is 12.2 Å². The van der Waals surface area contributed by atoms with Crippen LogP contribution < -0.4 is 10.2 Å². The second-order valence-electron chi connectivity index (χ2n) is 8.97. The zero-order chi connectivity index (χ0) is 25.5. The molecule has 0 radical (unpaired) electrons. The van der Waals surface area contributed by atoms with Crippen LogP contribution in [0.15, 0.2) is 59.5 Å². The third-order valence-corrected chi connectivity index (χ3v) is 7.82. The highest BCUT2D eigenvalue weighted by molar-refractivity contribution is 8.26. The summed E-state index contributed by atoms with van der Waals surface area (Å²) in [5.74, 6) is -0.822. The first-order valence-corrected chi connectivity index (χ1v) is 13.7. The first-order chi connectivity index (χ1) is 17.5. The van der Waals surface area contributed by atoms with Crippen molar-refractivity contribution < 1.29 is 14.4 Å². The van der Waals surface area contributed by atoms with Crippen molar-refractivity contribution in [2.24, 2.45) is 0 Å². The summed E-state index contributed by atoms with van der Waals surface area (Å²) in [5.41, 5.74) is 2.62. The smallest absolute Gasteiger partial charge is 0.267 e. The summed E-state index contributed by atoms with van der Waals surface area (Å²) in [7, 11) is 0. The van der Waals surface area contributed by atoms with Crippen LogP contribution in [0.3, 0.4) is 0 Å². The number of rotatable bonds is 11. The maximum Gasteiger partial charge on any atom is 0.267 e. The van der Waals surface area contributed by atoms with E-state index in [0.717, 1.165) is 24.8 Å². The van der Waals surface area contributed by atoms with Gasteiger partial charge >= 0.3 is 0 Å². The van der Waals surface area contributed by atoms with Crippen molar-refractivity contribution in [1.29, 1.82) is 0 Å². The Morgan fingerprint density at radius 1 is 0.889 bits per heavy atom. The van der Waals surface area contributed by atoms with E-state index in [1.165, 1.54) is 35.9 Å². The van der Waals surface area contributed by atoms with Gasteiger partial charge in [0.15, 0.2) is 0 Å². The van der Waals surface area contributed by atoms with E-state index in [1.807, 2.05) is 54.6 Å². The van der Waals surface area contributed by atoms with Crippen LogP contribution in [0.5, 0.6) is 0 Å². The van der Waals surface area contributed by atoms with E-state index < -0.39 is 0 Å². The number of benzene rings is 2. The Labute approximate surface area is 222 Å². The maximum absolute atomic E-state index is 13.5. The van der Waals surface area contributed by atoms with E-state index >= 15 is 0 Å². The molecule has 2 aromatic carbocycles. The minimum absolute atomic E-state index is 0.121. The minimum atomic E-state index is -0.342. The molecule has 36 heavy (non-hydrogen) atoms. The Morgan fingerprint density at radius 2 is 1.58 bits per heavy atom. The molecule has 1 saturated heterocycles. The Kier molecular flexibility index (Phi) is 8.93. The van der Waals surface area contributed by atoms with Crippen LogP contribution in [-0.4, -0.2) is 40.0 Å². The van der Waals surface area contributed by atoms with Gasteiger partial charge in [-0.25, -0.2) is 0 Å². The molecule has 0 aliphatic carbocycles. The molecule has 2 aliphatic rings. The fourth-order valence-corrected chi connectivity index (χ4v) is 5.83. The SMILES string of the molecule is CCCCCCCCN1C(=O)C(=C2C(=O)N(CC(=O)NCc3ccccc3)c3ccccc32)SC1=S. The molecule has 3 amide bonds. The lowest BCUT2D eigenvalue weighted by molar-refractivity contribution is -0.122. The van der Waals surface area contributed by atoms with Crippen LogP contribution in [0.1, 0.15) is 56.6 Å². The first kappa shape index (κ1) is 26.1. The second kappa shape index (κ2) is 12.3. The van der Waals surface area contributed by atoms with Gasteiger partial charge in [0.05, 0.1) is 16.2 Å². The van der Waals surface area contributed by atoms with Crippen molar-refractivity contribution in [3.05, 3.63) is 70.6 Å². The standard InChI is InChI=1S/C28H31N3O3S2/c1-2-3-4-5-6-12-17-30-27(34)25(36-28(30)35)24-21-15-10-11-16-22(21)31(26(24)33)19-23(32)29-18-20-13-8-7-9-14-20/h7-11,13-16H,2-6,12,17-19H2,1H3,(H,29,32). The van der Waals surface area contributed by atoms with Gasteiger partial charge in [-0.05, 0) is 18.1 Å². The molecule has 2 aromatic rings. The summed E-state index contributed by atoms with van der Waals surface area (Å²) >= 11 is 6.70. The largest absolute Gasteiger partial charge is 0.350 e. The van der Waals surface area contributed by atoms with Gasteiger partial charge in [-0.3, -0.25) is 24.2 Å². The molecule has 4 rings (SSSR count). The van der Waals surface area contributed by atoms with Crippen molar-refractivity contribution in [2.45, 2.75) is 52.0 Å². The van der Waals surface area contributed by atoms with Crippen LogP contribution in [0.2, 0.25) is 0 Å². The number of hydrogen-bond acceptors (Lipinski definition) is 5. The van der Waals surface area contributed by atoms with Crippen molar-refractivity contribution >= 4 is 57.3 Å². The first-order valence-electron chi connectivity index (χ1n) is 12.5. The number of nitrogens with zero attached hydrogens (tertiary/aromatic N) is 2. The number of thioether (sulfide) groups is 1. The molecule has 6 nitrogen and oxygen atoms in total. The van der Waals surface area contributed by atoms with Crippen molar-refractivity contribution in [1.82, 2.24) is 10.2 Å². The van der Waals surface area contributed by atoms with Crippen LogP contribution in [0, 0.1) is 0 Å². The number of carbonyl (C=O) groups excluding carboxylic acids is 3. The lowest BCUT2D eigenvalue weighted by Crippen LogP contribution is -2.38. The van der Waals surface area contributed by atoms with Gasteiger partial charge in [0.1, 0.15) is 10.9 Å². The number of fused-ring (bicyclic) bond motifs is 1. The Morgan fingerprint density at radius 3 is 2.36 bits per heavy atom. The van der Waals surface area contributed by atoms with Crippen LogP contribution in [-0.2, 0) is 20.9 Å². The highest BCUT2D eigenvalue weighted by atomic mass is 32.2. The second-order valence-corrected chi connectivity index (χ2v) is 10.6. The fraction of sp³-hybridized carbons (Fsp3) is 0.357. The summed E-state index contributed by atoms with van der Waals surface area (Å²) in [4.78, 5) is 43.0. The molecule has 8 heteroatoms. The normalized spacial score (nSPS) is 17.2. The molecular weight excluding hydrogens is 490 g/mol.